The largest absolute Gasteiger partial charge is 0.395 e. The molecule has 1 aliphatic rings. The zero-order valence-corrected chi connectivity index (χ0v) is 12.6. The molecule has 1 N–H and O–H groups in total. The number of benzene rings is 1. The van der Waals surface area contributed by atoms with Crippen molar-refractivity contribution in [3.05, 3.63) is 35.4 Å². The molecule has 1 heterocycles. The number of aliphatic hydroxyl groups excluding tert-OH is 1. The van der Waals surface area contributed by atoms with Gasteiger partial charge in [-0.2, -0.15) is 0 Å². The Morgan fingerprint density at radius 1 is 1.30 bits per heavy atom. The summed E-state index contributed by atoms with van der Waals surface area (Å²) in [6.45, 7) is 6.99. The van der Waals surface area contributed by atoms with E-state index in [1.165, 1.54) is 24.9 Å². The average Bonchev–Trinajstić information content (AvgIpc) is 2.46. The molecule has 0 spiro atoms. The Morgan fingerprint density at radius 3 is 2.90 bits per heavy atom. The quantitative estimate of drug-likeness (QED) is 0.854. The lowest BCUT2D eigenvalue weighted by Crippen LogP contribution is -2.41. The van der Waals surface area contributed by atoms with Crippen molar-refractivity contribution in [3.63, 3.8) is 0 Å². The van der Waals surface area contributed by atoms with Crippen LogP contribution in [-0.4, -0.2) is 29.2 Å². The second kappa shape index (κ2) is 7.47. The van der Waals surface area contributed by atoms with E-state index in [0.29, 0.717) is 12.5 Å². The maximum Gasteiger partial charge on any atom is 0.0540 e. The summed E-state index contributed by atoms with van der Waals surface area (Å²) >= 11 is 0. The Labute approximate surface area is 122 Å². The lowest BCUT2D eigenvalue weighted by atomic mass is 9.91. The monoisotopic (exact) mass is 271 g/mol. The molecule has 0 saturated carbocycles. The van der Waals surface area contributed by atoms with Crippen LogP contribution in [0, 0.1) is 17.8 Å². The van der Waals surface area contributed by atoms with Crippen molar-refractivity contribution >= 4 is 0 Å². The Bertz CT molecular complexity index is 486. The van der Waals surface area contributed by atoms with E-state index in [1.807, 2.05) is 6.07 Å². The number of nitrogens with zero attached hydrogens (tertiary/aromatic N) is 1. The number of aliphatic hydroxyl groups is 1. The van der Waals surface area contributed by atoms with Gasteiger partial charge in [-0.15, -0.1) is 0 Å². The topological polar surface area (TPSA) is 23.5 Å². The number of likely N-dealkylation sites (tertiary alicyclic amines) is 1. The zero-order chi connectivity index (χ0) is 14.4. The third-order valence-corrected chi connectivity index (χ3v) is 4.35. The molecule has 2 rings (SSSR count). The highest BCUT2D eigenvalue weighted by Crippen LogP contribution is 2.25. The standard InChI is InChI=1S/C18H25NO/c1-15-8-7-12-19(16(15)2)14-18-11-4-3-9-17(18)10-5-6-13-20/h3-4,9,11,15-16,20H,6-8,12-14H2,1-2H3. The fraction of sp³-hybridized carbons (Fsp3) is 0.556. The first-order valence-corrected chi connectivity index (χ1v) is 7.64. The molecule has 1 saturated heterocycles. The van der Waals surface area contributed by atoms with Crippen LogP contribution >= 0.6 is 0 Å². The van der Waals surface area contributed by atoms with Crippen LogP contribution in [0.5, 0.6) is 0 Å². The van der Waals surface area contributed by atoms with Crippen LogP contribution < -0.4 is 0 Å². The summed E-state index contributed by atoms with van der Waals surface area (Å²) in [6.07, 6.45) is 3.19. The van der Waals surface area contributed by atoms with Gasteiger partial charge < -0.3 is 5.11 Å². The fourth-order valence-corrected chi connectivity index (χ4v) is 2.86. The van der Waals surface area contributed by atoms with Crippen LogP contribution in [0.15, 0.2) is 24.3 Å². The van der Waals surface area contributed by atoms with Crippen LogP contribution in [-0.2, 0) is 6.54 Å². The smallest absolute Gasteiger partial charge is 0.0540 e. The minimum atomic E-state index is 0.135. The summed E-state index contributed by atoms with van der Waals surface area (Å²) in [6, 6.07) is 9.02. The second-order valence-electron chi connectivity index (χ2n) is 5.76. The summed E-state index contributed by atoms with van der Waals surface area (Å²) < 4.78 is 0. The van der Waals surface area contributed by atoms with E-state index in [0.717, 1.165) is 18.0 Å². The predicted molar refractivity (Wildman–Crippen MR) is 83.3 cm³/mol. The van der Waals surface area contributed by atoms with Crippen molar-refractivity contribution < 1.29 is 5.11 Å². The van der Waals surface area contributed by atoms with Gasteiger partial charge in [0, 0.05) is 24.6 Å². The van der Waals surface area contributed by atoms with Gasteiger partial charge in [0.05, 0.1) is 6.61 Å². The summed E-state index contributed by atoms with van der Waals surface area (Å²) in [5.41, 5.74) is 2.41. The first kappa shape index (κ1) is 15.1. The molecule has 1 aromatic rings. The van der Waals surface area contributed by atoms with Crippen molar-refractivity contribution in [2.45, 2.75) is 45.7 Å². The van der Waals surface area contributed by atoms with Crippen LogP contribution in [0.4, 0.5) is 0 Å². The highest BCUT2D eigenvalue weighted by atomic mass is 16.2. The molecular formula is C18H25NO. The van der Waals surface area contributed by atoms with Gasteiger partial charge in [-0.1, -0.05) is 37.0 Å². The molecule has 0 amide bonds. The van der Waals surface area contributed by atoms with Gasteiger partial charge in [-0.25, -0.2) is 0 Å². The molecule has 2 heteroatoms. The van der Waals surface area contributed by atoms with Crippen LogP contribution in [0.1, 0.15) is 44.2 Å². The normalized spacial score (nSPS) is 23.1. The molecule has 0 radical (unpaired) electrons. The third-order valence-electron chi connectivity index (χ3n) is 4.35. The molecule has 0 aliphatic carbocycles. The molecule has 1 aliphatic heterocycles. The van der Waals surface area contributed by atoms with Gasteiger partial charge >= 0.3 is 0 Å². The van der Waals surface area contributed by atoms with Gasteiger partial charge in [-0.3, -0.25) is 4.90 Å². The van der Waals surface area contributed by atoms with Crippen molar-refractivity contribution in [3.8, 4) is 11.8 Å². The Kier molecular flexibility index (Phi) is 5.64. The van der Waals surface area contributed by atoms with E-state index < -0.39 is 0 Å². The molecule has 108 valence electrons. The zero-order valence-electron chi connectivity index (χ0n) is 12.6. The van der Waals surface area contributed by atoms with Gasteiger partial charge in [0.15, 0.2) is 0 Å². The molecule has 0 bridgehead atoms. The maximum atomic E-state index is 8.83. The highest BCUT2D eigenvalue weighted by Gasteiger charge is 2.24. The Morgan fingerprint density at radius 2 is 2.10 bits per heavy atom. The van der Waals surface area contributed by atoms with E-state index >= 15 is 0 Å². The first-order valence-electron chi connectivity index (χ1n) is 7.64. The van der Waals surface area contributed by atoms with Crippen molar-refractivity contribution in [2.75, 3.05) is 13.2 Å². The van der Waals surface area contributed by atoms with Crippen molar-refractivity contribution in [2.24, 2.45) is 5.92 Å². The van der Waals surface area contributed by atoms with E-state index in [4.69, 9.17) is 5.11 Å². The van der Waals surface area contributed by atoms with E-state index in [-0.39, 0.29) is 6.61 Å². The fourth-order valence-electron chi connectivity index (χ4n) is 2.86. The number of hydrogen-bond donors (Lipinski definition) is 1. The minimum Gasteiger partial charge on any atom is -0.395 e. The van der Waals surface area contributed by atoms with Crippen LogP contribution in [0.3, 0.4) is 0 Å². The average molecular weight is 271 g/mol. The van der Waals surface area contributed by atoms with Crippen LogP contribution in [0.25, 0.3) is 0 Å². The third kappa shape index (κ3) is 3.85. The molecule has 1 fully saturated rings. The first-order chi connectivity index (χ1) is 9.72. The Balaban J connectivity index is 2.11. The van der Waals surface area contributed by atoms with Gasteiger partial charge in [-0.05, 0) is 43.9 Å². The number of rotatable bonds is 3. The van der Waals surface area contributed by atoms with E-state index in [1.54, 1.807) is 0 Å². The van der Waals surface area contributed by atoms with Crippen molar-refractivity contribution in [1.29, 1.82) is 0 Å². The second-order valence-corrected chi connectivity index (χ2v) is 5.76. The number of hydrogen-bond acceptors (Lipinski definition) is 2. The molecule has 0 aromatic heterocycles. The summed E-state index contributed by atoms with van der Waals surface area (Å²) in [7, 11) is 0. The molecule has 2 unspecified atom stereocenters. The minimum absolute atomic E-state index is 0.135. The predicted octanol–water partition coefficient (Wildman–Crippen LogP) is 3.04. The number of piperidine rings is 1. The van der Waals surface area contributed by atoms with Gasteiger partial charge in [0.25, 0.3) is 0 Å². The SMILES string of the molecule is CC1CCCN(Cc2ccccc2C#CCCO)C1C. The van der Waals surface area contributed by atoms with Crippen molar-refractivity contribution in [1.82, 2.24) is 4.90 Å². The van der Waals surface area contributed by atoms with Crippen LogP contribution in [0.2, 0.25) is 0 Å². The summed E-state index contributed by atoms with van der Waals surface area (Å²) in [5, 5.41) is 8.83. The Hall–Kier alpha value is -1.30. The summed E-state index contributed by atoms with van der Waals surface area (Å²) in [5.74, 6) is 7.00. The molecule has 1 aromatic carbocycles. The van der Waals surface area contributed by atoms with E-state index in [2.05, 4.69) is 48.8 Å². The lowest BCUT2D eigenvalue weighted by molar-refractivity contribution is 0.106. The molecular weight excluding hydrogens is 246 g/mol. The molecule has 2 nitrogen and oxygen atoms in total. The van der Waals surface area contributed by atoms with Gasteiger partial charge in [0.2, 0.25) is 0 Å². The molecule has 20 heavy (non-hydrogen) atoms. The summed E-state index contributed by atoms with van der Waals surface area (Å²) in [4.78, 5) is 2.57. The van der Waals surface area contributed by atoms with E-state index in [9.17, 15) is 0 Å². The highest BCUT2D eigenvalue weighted by molar-refractivity contribution is 5.41. The maximum absolute atomic E-state index is 8.83. The van der Waals surface area contributed by atoms with Gasteiger partial charge in [0.1, 0.15) is 0 Å². The lowest BCUT2D eigenvalue weighted by Gasteiger charge is -2.38. The molecule has 2 atom stereocenters.